The molecule has 82 valence electrons. The summed E-state index contributed by atoms with van der Waals surface area (Å²) < 4.78 is 13.4. The van der Waals surface area contributed by atoms with Gasteiger partial charge in [0.1, 0.15) is 5.82 Å². The summed E-state index contributed by atoms with van der Waals surface area (Å²) in [5.41, 5.74) is 0.266. The standard InChI is InChI=1S/C12H8ClFOS/c13-9-3-1-4-10(14)8(9)7-11(15)12-5-2-6-16-12/h1-6H,7H2. The third-order valence-electron chi connectivity index (χ3n) is 2.20. The van der Waals surface area contributed by atoms with E-state index in [1.807, 2.05) is 5.38 Å². The largest absolute Gasteiger partial charge is 0.293 e. The highest BCUT2D eigenvalue weighted by Gasteiger charge is 2.13. The van der Waals surface area contributed by atoms with E-state index in [-0.39, 0.29) is 17.8 Å². The van der Waals surface area contributed by atoms with Crippen LogP contribution in [0, 0.1) is 5.82 Å². The Kier molecular flexibility index (Phi) is 3.36. The number of benzene rings is 1. The van der Waals surface area contributed by atoms with Crippen molar-refractivity contribution in [3.05, 3.63) is 57.0 Å². The Bertz CT molecular complexity index is 487. The summed E-state index contributed by atoms with van der Waals surface area (Å²) in [5.74, 6) is -0.542. The summed E-state index contributed by atoms with van der Waals surface area (Å²) in [5, 5.41) is 2.11. The monoisotopic (exact) mass is 254 g/mol. The van der Waals surface area contributed by atoms with Crippen LogP contribution in [0.1, 0.15) is 15.2 Å². The molecule has 0 unspecified atom stereocenters. The van der Waals surface area contributed by atoms with E-state index in [1.54, 1.807) is 18.2 Å². The lowest BCUT2D eigenvalue weighted by molar-refractivity contribution is 0.0995. The third-order valence-corrected chi connectivity index (χ3v) is 3.46. The van der Waals surface area contributed by atoms with Crippen molar-refractivity contribution in [2.45, 2.75) is 6.42 Å². The number of thiophene rings is 1. The van der Waals surface area contributed by atoms with Gasteiger partial charge in [-0.3, -0.25) is 4.79 Å². The Morgan fingerprint density at radius 2 is 2.12 bits per heavy atom. The van der Waals surface area contributed by atoms with Gasteiger partial charge in [0.2, 0.25) is 0 Å². The summed E-state index contributed by atoms with van der Waals surface area (Å²) in [4.78, 5) is 12.4. The van der Waals surface area contributed by atoms with Gasteiger partial charge in [-0.25, -0.2) is 4.39 Å². The van der Waals surface area contributed by atoms with Crippen molar-refractivity contribution in [1.29, 1.82) is 0 Å². The number of carbonyl (C=O) groups is 1. The van der Waals surface area contributed by atoms with Gasteiger partial charge >= 0.3 is 0 Å². The van der Waals surface area contributed by atoms with Crippen molar-refractivity contribution in [1.82, 2.24) is 0 Å². The topological polar surface area (TPSA) is 17.1 Å². The normalized spacial score (nSPS) is 10.4. The quantitative estimate of drug-likeness (QED) is 0.758. The van der Waals surface area contributed by atoms with Crippen molar-refractivity contribution < 1.29 is 9.18 Å². The first-order chi connectivity index (χ1) is 7.68. The van der Waals surface area contributed by atoms with Gasteiger partial charge in [0.05, 0.1) is 4.88 Å². The van der Waals surface area contributed by atoms with Crippen molar-refractivity contribution in [3.8, 4) is 0 Å². The van der Waals surface area contributed by atoms with Crippen LogP contribution in [0.3, 0.4) is 0 Å². The summed E-state index contributed by atoms with van der Waals surface area (Å²) in [6.07, 6.45) is 0.00597. The molecule has 0 radical (unpaired) electrons. The van der Waals surface area contributed by atoms with Crippen LogP contribution < -0.4 is 0 Å². The van der Waals surface area contributed by atoms with Crippen LogP contribution in [0.2, 0.25) is 5.02 Å². The SMILES string of the molecule is O=C(Cc1c(F)cccc1Cl)c1cccs1. The van der Waals surface area contributed by atoms with Gasteiger partial charge in [-0.2, -0.15) is 0 Å². The van der Waals surface area contributed by atoms with Crippen molar-refractivity contribution >= 4 is 28.7 Å². The highest BCUT2D eigenvalue weighted by molar-refractivity contribution is 7.12. The highest BCUT2D eigenvalue weighted by Crippen LogP contribution is 2.21. The average Bonchev–Trinajstić information content (AvgIpc) is 2.76. The molecular weight excluding hydrogens is 247 g/mol. The van der Waals surface area contributed by atoms with Crippen LogP contribution in [-0.2, 0) is 6.42 Å². The minimum absolute atomic E-state index is 0.00597. The molecule has 1 aromatic heterocycles. The van der Waals surface area contributed by atoms with E-state index in [4.69, 9.17) is 11.6 Å². The second-order valence-electron chi connectivity index (χ2n) is 3.28. The first kappa shape index (κ1) is 11.3. The van der Waals surface area contributed by atoms with E-state index in [1.165, 1.54) is 23.5 Å². The molecule has 0 saturated heterocycles. The van der Waals surface area contributed by atoms with Gasteiger partial charge in [-0.15, -0.1) is 11.3 Å². The van der Waals surface area contributed by atoms with E-state index in [9.17, 15) is 9.18 Å². The lowest BCUT2D eigenvalue weighted by Gasteiger charge is -2.03. The molecule has 1 heterocycles. The first-order valence-electron chi connectivity index (χ1n) is 4.68. The maximum absolute atomic E-state index is 13.4. The Hall–Kier alpha value is -1.19. The van der Waals surface area contributed by atoms with Crippen molar-refractivity contribution in [2.75, 3.05) is 0 Å². The fraction of sp³-hybridized carbons (Fsp3) is 0.0833. The molecule has 0 bridgehead atoms. The minimum atomic E-state index is -0.433. The van der Waals surface area contributed by atoms with E-state index < -0.39 is 5.82 Å². The maximum atomic E-state index is 13.4. The zero-order chi connectivity index (χ0) is 11.5. The molecule has 0 N–H and O–H groups in total. The number of Topliss-reactive ketones (excluding diaryl/α,β-unsaturated/α-hetero) is 1. The molecule has 2 aromatic rings. The smallest absolute Gasteiger partial charge is 0.177 e. The number of halogens is 2. The molecule has 0 aliphatic carbocycles. The summed E-state index contributed by atoms with van der Waals surface area (Å²) in [6, 6.07) is 7.93. The van der Waals surface area contributed by atoms with E-state index in [0.29, 0.717) is 9.90 Å². The molecule has 0 amide bonds. The maximum Gasteiger partial charge on any atom is 0.177 e. The number of ketones is 1. The van der Waals surface area contributed by atoms with E-state index in [2.05, 4.69) is 0 Å². The molecule has 2 rings (SSSR count). The van der Waals surface area contributed by atoms with Gasteiger partial charge in [0.25, 0.3) is 0 Å². The molecule has 0 spiro atoms. The van der Waals surface area contributed by atoms with Crippen LogP contribution in [0.15, 0.2) is 35.7 Å². The highest BCUT2D eigenvalue weighted by atomic mass is 35.5. The number of rotatable bonds is 3. The fourth-order valence-corrected chi connectivity index (χ4v) is 2.28. The lowest BCUT2D eigenvalue weighted by atomic mass is 10.1. The van der Waals surface area contributed by atoms with Gasteiger partial charge in [0, 0.05) is 17.0 Å². The lowest BCUT2D eigenvalue weighted by Crippen LogP contribution is -2.03. The van der Waals surface area contributed by atoms with Crippen molar-refractivity contribution in [2.24, 2.45) is 0 Å². The molecule has 4 heteroatoms. The van der Waals surface area contributed by atoms with E-state index >= 15 is 0 Å². The number of hydrogen-bond donors (Lipinski definition) is 0. The number of hydrogen-bond acceptors (Lipinski definition) is 2. The summed E-state index contributed by atoms with van der Waals surface area (Å²) >= 11 is 7.19. The Balaban J connectivity index is 2.25. The van der Waals surface area contributed by atoms with Crippen LogP contribution in [-0.4, -0.2) is 5.78 Å². The molecule has 0 atom stereocenters. The fourth-order valence-electron chi connectivity index (χ4n) is 1.39. The molecule has 0 saturated carbocycles. The first-order valence-corrected chi connectivity index (χ1v) is 5.94. The number of carbonyl (C=O) groups excluding carboxylic acids is 1. The predicted molar refractivity (Wildman–Crippen MR) is 63.8 cm³/mol. The Labute approximate surface area is 101 Å². The Morgan fingerprint density at radius 3 is 2.75 bits per heavy atom. The van der Waals surface area contributed by atoms with Crippen LogP contribution >= 0.6 is 22.9 Å². The second kappa shape index (κ2) is 4.76. The molecule has 1 aromatic carbocycles. The summed E-state index contributed by atoms with van der Waals surface area (Å²) in [7, 11) is 0. The van der Waals surface area contributed by atoms with Crippen LogP contribution in [0.5, 0.6) is 0 Å². The van der Waals surface area contributed by atoms with Crippen molar-refractivity contribution in [3.63, 3.8) is 0 Å². The third kappa shape index (κ3) is 2.31. The average molecular weight is 255 g/mol. The van der Waals surface area contributed by atoms with Gasteiger partial charge in [-0.05, 0) is 23.6 Å². The molecular formula is C12H8ClFOS. The molecule has 0 aliphatic heterocycles. The van der Waals surface area contributed by atoms with Crippen LogP contribution in [0.25, 0.3) is 0 Å². The summed E-state index contributed by atoms with van der Waals surface area (Å²) in [6.45, 7) is 0. The molecule has 0 aliphatic rings. The van der Waals surface area contributed by atoms with Gasteiger partial charge in [-0.1, -0.05) is 23.7 Å². The predicted octanol–water partition coefficient (Wildman–Crippen LogP) is 3.97. The molecule has 16 heavy (non-hydrogen) atoms. The second-order valence-corrected chi connectivity index (χ2v) is 4.63. The Morgan fingerprint density at radius 1 is 1.31 bits per heavy atom. The van der Waals surface area contributed by atoms with E-state index in [0.717, 1.165) is 0 Å². The molecule has 0 fully saturated rings. The van der Waals surface area contributed by atoms with Gasteiger partial charge < -0.3 is 0 Å². The minimum Gasteiger partial charge on any atom is -0.293 e. The van der Waals surface area contributed by atoms with Crippen LogP contribution in [0.4, 0.5) is 4.39 Å². The zero-order valence-corrected chi connectivity index (χ0v) is 9.82. The zero-order valence-electron chi connectivity index (χ0n) is 8.24. The molecule has 1 nitrogen and oxygen atoms in total. The van der Waals surface area contributed by atoms with Gasteiger partial charge in [0.15, 0.2) is 5.78 Å².